The molecule has 0 N–H and O–H groups in total. The van der Waals surface area contributed by atoms with Crippen molar-refractivity contribution in [2.45, 2.75) is 6.42 Å². The molecular weight excluding hydrogens is 212 g/mol. The van der Waals surface area contributed by atoms with E-state index in [1.807, 2.05) is 42.5 Å². The first-order chi connectivity index (χ1) is 8.22. The minimum absolute atomic E-state index is 0.227. The first kappa shape index (κ1) is 11.4. The highest BCUT2D eigenvalue weighted by Gasteiger charge is 2.08. The second-order valence-corrected chi connectivity index (χ2v) is 3.88. The van der Waals surface area contributed by atoms with Crippen molar-refractivity contribution in [1.29, 1.82) is 0 Å². The van der Waals surface area contributed by atoms with Gasteiger partial charge < -0.3 is 4.74 Å². The summed E-state index contributed by atoms with van der Waals surface area (Å²) in [7, 11) is 1.39. The quantitative estimate of drug-likeness (QED) is 0.749. The topological polar surface area (TPSA) is 26.3 Å². The molecule has 2 nitrogen and oxygen atoms in total. The first-order valence-electron chi connectivity index (χ1n) is 5.45. The summed E-state index contributed by atoms with van der Waals surface area (Å²) in [5.74, 6) is -0.261. The van der Waals surface area contributed by atoms with Crippen LogP contribution in [0.1, 0.15) is 12.0 Å². The Morgan fingerprint density at radius 3 is 2.65 bits per heavy atom. The standard InChI is InChI=1S/C15H14O2/c1-11(10-15(16)17-2)13-9-5-7-12-6-3-4-8-14(12)13/h3-9H,1,10H2,2H3. The van der Waals surface area contributed by atoms with E-state index >= 15 is 0 Å². The Bertz CT molecular complexity index is 565. The summed E-state index contributed by atoms with van der Waals surface area (Å²) < 4.78 is 4.65. The Balaban J connectivity index is 2.41. The average Bonchev–Trinajstić information content (AvgIpc) is 2.37. The van der Waals surface area contributed by atoms with E-state index in [9.17, 15) is 4.79 Å². The normalized spacial score (nSPS) is 10.2. The lowest BCUT2D eigenvalue weighted by molar-refractivity contribution is -0.139. The van der Waals surface area contributed by atoms with Crippen LogP contribution in [0, 0.1) is 0 Å². The Morgan fingerprint density at radius 1 is 1.18 bits per heavy atom. The molecule has 0 saturated carbocycles. The zero-order valence-corrected chi connectivity index (χ0v) is 9.77. The molecular formula is C15H14O2. The molecule has 0 atom stereocenters. The van der Waals surface area contributed by atoms with E-state index in [-0.39, 0.29) is 12.4 Å². The summed E-state index contributed by atoms with van der Waals surface area (Å²) in [6.45, 7) is 3.96. The van der Waals surface area contributed by atoms with Gasteiger partial charge in [-0.15, -0.1) is 0 Å². The summed E-state index contributed by atoms with van der Waals surface area (Å²) in [6, 6.07) is 14.1. The summed E-state index contributed by atoms with van der Waals surface area (Å²) in [4.78, 5) is 11.2. The lowest BCUT2D eigenvalue weighted by Crippen LogP contribution is -2.01. The molecule has 2 heteroatoms. The smallest absolute Gasteiger partial charge is 0.309 e. The number of carbonyl (C=O) groups excluding carboxylic acids is 1. The Kier molecular flexibility index (Phi) is 3.24. The van der Waals surface area contributed by atoms with Crippen molar-refractivity contribution in [2.24, 2.45) is 0 Å². The molecule has 0 radical (unpaired) electrons. The van der Waals surface area contributed by atoms with Crippen LogP contribution in [0.5, 0.6) is 0 Å². The maximum Gasteiger partial charge on any atom is 0.309 e. The zero-order chi connectivity index (χ0) is 12.3. The van der Waals surface area contributed by atoms with Crippen LogP contribution in [-0.4, -0.2) is 13.1 Å². The monoisotopic (exact) mass is 226 g/mol. The van der Waals surface area contributed by atoms with Crippen molar-refractivity contribution < 1.29 is 9.53 Å². The van der Waals surface area contributed by atoms with Crippen molar-refractivity contribution >= 4 is 22.3 Å². The fourth-order valence-electron chi connectivity index (χ4n) is 1.88. The largest absolute Gasteiger partial charge is 0.469 e. The van der Waals surface area contributed by atoms with Gasteiger partial charge in [0, 0.05) is 0 Å². The Labute approximate surface area is 101 Å². The maximum absolute atomic E-state index is 11.2. The van der Waals surface area contributed by atoms with E-state index in [1.165, 1.54) is 7.11 Å². The number of ether oxygens (including phenoxy) is 1. The molecule has 86 valence electrons. The lowest BCUT2D eigenvalue weighted by atomic mass is 9.97. The summed E-state index contributed by atoms with van der Waals surface area (Å²) in [6.07, 6.45) is 0.227. The van der Waals surface area contributed by atoms with Gasteiger partial charge in [0.25, 0.3) is 0 Å². The third kappa shape index (κ3) is 2.36. The molecule has 0 aliphatic rings. The van der Waals surface area contributed by atoms with Gasteiger partial charge in [-0.1, -0.05) is 49.0 Å². The number of hydrogen-bond donors (Lipinski definition) is 0. The van der Waals surface area contributed by atoms with Crippen LogP contribution in [0.15, 0.2) is 49.0 Å². The summed E-state index contributed by atoms with van der Waals surface area (Å²) in [5, 5.41) is 2.26. The molecule has 2 rings (SSSR count). The molecule has 0 aliphatic heterocycles. The minimum atomic E-state index is -0.261. The number of hydrogen-bond acceptors (Lipinski definition) is 2. The predicted octanol–water partition coefficient (Wildman–Crippen LogP) is 3.42. The molecule has 0 aliphatic carbocycles. The molecule has 0 bridgehead atoms. The van der Waals surface area contributed by atoms with Gasteiger partial charge in [-0.25, -0.2) is 0 Å². The van der Waals surface area contributed by atoms with Gasteiger partial charge in [0.05, 0.1) is 13.5 Å². The van der Waals surface area contributed by atoms with E-state index in [0.29, 0.717) is 0 Å². The summed E-state index contributed by atoms with van der Waals surface area (Å²) in [5.41, 5.74) is 1.79. The molecule has 0 amide bonds. The van der Waals surface area contributed by atoms with Crippen LogP contribution < -0.4 is 0 Å². The molecule has 0 heterocycles. The van der Waals surface area contributed by atoms with Crippen molar-refractivity contribution in [2.75, 3.05) is 7.11 Å². The highest BCUT2D eigenvalue weighted by molar-refractivity contribution is 5.96. The number of methoxy groups -OCH3 is 1. The van der Waals surface area contributed by atoms with Gasteiger partial charge in [0.15, 0.2) is 0 Å². The number of carbonyl (C=O) groups is 1. The molecule has 0 spiro atoms. The van der Waals surface area contributed by atoms with Gasteiger partial charge in [0.2, 0.25) is 0 Å². The lowest BCUT2D eigenvalue weighted by Gasteiger charge is -2.08. The van der Waals surface area contributed by atoms with E-state index in [4.69, 9.17) is 0 Å². The SMILES string of the molecule is C=C(CC(=O)OC)c1cccc2ccccc12. The van der Waals surface area contributed by atoms with E-state index in [1.54, 1.807) is 0 Å². The predicted molar refractivity (Wildman–Crippen MR) is 69.6 cm³/mol. The Hall–Kier alpha value is -2.09. The number of esters is 1. The minimum Gasteiger partial charge on any atom is -0.469 e. The molecule has 0 aromatic heterocycles. The van der Waals surface area contributed by atoms with Crippen molar-refractivity contribution in [3.63, 3.8) is 0 Å². The average molecular weight is 226 g/mol. The highest BCUT2D eigenvalue weighted by Crippen LogP contribution is 2.26. The van der Waals surface area contributed by atoms with Gasteiger partial charge in [-0.2, -0.15) is 0 Å². The maximum atomic E-state index is 11.2. The molecule has 2 aromatic rings. The molecule has 0 fully saturated rings. The second kappa shape index (κ2) is 4.83. The number of benzene rings is 2. The second-order valence-electron chi connectivity index (χ2n) is 3.88. The van der Waals surface area contributed by atoms with Crippen LogP contribution in [0.25, 0.3) is 16.3 Å². The van der Waals surface area contributed by atoms with Crippen molar-refractivity contribution in [3.05, 3.63) is 54.6 Å². The van der Waals surface area contributed by atoms with Crippen LogP contribution in [0.2, 0.25) is 0 Å². The third-order valence-corrected chi connectivity index (χ3v) is 2.76. The highest BCUT2D eigenvalue weighted by atomic mass is 16.5. The number of fused-ring (bicyclic) bond motifs is 1. The van der Waals surface area contributed by atoms with Gasteiger partial charge in [0.1, 0.15) is 0 Å². The fraction of sp³-hybridized carbons (Fsp3) is 0.133. The van der Waals surface area contributed by atoms with Crippen LogP contribution in [-0.2, 0) is 9.53 Å². The van der Waals surface area contributed by atoms with Gasteiger partial charge in [-0.3, -0.25) is 4.79 Å². The molecule has 2 aromatic carbocycles. The van der Waals surface area contributed by atoms with Crippen LogP contribution >= 0.6 is 0 Å². The van der Waals surface area contributed by atoms with E-state index < -0.39 is 0 Å². The summed E-state index contributed by atoms with van der Waals surface area (Å²) >= 11 is 0. The third-order valence-electron chi connectivity index (χ3n) is 2.76. The number of rotatable bonds is 3. The van der Waals surface area contributed by atoms with Crippen molar-refractivity contribution in [1.82, 2.24) is 0 Å². The molecule has 17 heavy (non-hydrogen) atoms. The van der Waals surface area contributed by atoms with E-state index in [0.717, 1.165) is 21.9 Å². The molecule has 0 unspecified atom stereocenters. The first-order valence-corrected chi connectivity index (χ1v) is 5.45. The zero-order valence-electron chi connectivity index (χ0n) is 9.77. The fourth-order valence-corrected chi connectivity index (χ4v) is 1.88. The van der Waals surface area contributed by atoms with Gasteiger partial charge in [-0.05, 0) is 21.9 Å². The van der Waals surface area contributed by atoms with Crippen LogP contribution in [0.4, 0.5) is 0 Å². The van der Waals surface area contributed by atoms with Crippen molar-refractivity contribution in [3.8, 4) is 0 Å². The molecule has 0 saturated heterocycles. The van der Waals surface area contributed by atoms with Crippen LogP contribution in [0.3, 0.4) is 0 Å². The van der Waals surface area contributed by atoms with E-state index in [2.05, 4.69) is 11.3 Å². The Morgan fingerprint density at radius 2 is 1.88 bits per heavy atom. The van der Waals surface area contributed by atoms with Gasteiger partial charge >= 0.3 is 5.97 Å².